The van der Waals surface area contributed by atoms with E-state index < -0.39 is 18.3 Å². The quantitative estimate of drug-likeness (QED) is 0.361. The maximum atomic E-state index is 15.5. The monoisotopic (exact) mass is 513 g/mol. The minimum Gasteiger partial charge on any atom is -0.507 e. The van der Waals surface area contributed by atoms with E-state index in [1.807, 2.05) is 0 Å². The number of piperidine rings is 2. The first-order valence-corrected chi connectivity index (χ1v) is 13.0. The highest BCUT2D eigenvalue weighted by Gasteiger charge is 2.46. The van der Waals surface area contributed by atoms with E-state index in [4.69, 9.17) is 4.11 Å². The molecular weight excluding hydrogens is 482 g/mol. The summed E-state index contributed by atoms with van der Waals surface area (Å²) in [6.45, 7) is 0. The molecule has 2 aliphatic heterocycles. The lowest BCUT2D eigenvalue weighted by atomic mass is 9.82. The minimum atomic E-state index is -2.37. The highest BCUT2D eigenvalue weighted by Crippen LogP contribution is 2.39. The van der Waals surface area contributed by atoms with Crippen molar-refractivity contribution in [2.75, 3.05) is 11.1 Å². The van der Waals surface area contributed by atoms with Crippen molar-refractivity contribution in [2.24, 2.45) is 0 Å². The van der Waals surface area contributed by atoms with Crippen LogP contribution < -0.4 is 10.2 Å². The van der Waals surface area contributed by atoms with E-state index in [1.54, 1.807) is 18.3 Å². The van der Waals surface area contributed by atoms with Crippen LogP contribution in [0.25, 0.3) is 22.5 Å². The number of nitrogens with zero attached hydrogens (tertiary/aromatic N) is 5. The maximum absolute atomic E-state index is 15.5. The van der Waals surface area contributed by atoms with Crippen LogP contribution in [-0.2, 0) is 0 Å². The summed E-state index contributed by atoms with van der Waals surface area (Å²) in [5.74, 6) is -0.217. The third-order valence-corrected chi connectivity index (χ3v) is 7.77. The Morgan fingerprint density at radius 1 is 1.14 bits per heavy atom. The Kier molecular flexibility index (Phi) is 5.37. The summed E-state index contributed by atoms with van der Waals surface area (Å²) >= 11 is 0.480. The van der Waals surface area contributed by atoms with E-state index in [0.29, 0.717) is 40.3 Å². The topological polar surface area (TPSA) is 87.1 Å². The van der Waals surface area contributed by atoms with Crippen molar-refractivity contribution in [1.82, 2.24) is 25.5 Å². The molecule has 3 aromatic rings. The van der Waals surface area contributed by atoms with E-state index in [0.717, 1.165) is 38.5 Å². The molecule has 6 rings (SSSR count). The molecule has 4 atom stereocenters. The summed E-state index contributed by atoms with van der Waals surface area (Å²) in [7, 11) is 0. The number of pyridine rings is 1. The summed E-state index contributed by atoms with van der Waals surface area (Å²) < 4.78 is 51.7. The summed E-state index contributed by atoms with van der Waals surface area (Å²) in [5.41, 5.74) is 1.18. The van der Waals surface area contributed by atoms with Crippen LogP contribution in [0.3, 0.4) is 0 Å². The van der Waals surface area contributed by atoms with E-state index in [9.17, 15) is 9.50 Å². The summed E-state index contributed by atoms with van der Waals surface area (Å²) in [5, 5.41) is 22.9. The number of thioether (sulfide) groups is 1. The van der Waals surface area contributed by atoms with Gasteiger partial charge in [0.15, 0.2) is 11.6 Å². The Hall–Kier alpha value is -2.85. The number of fused-ring (bicyclic) bond motifs is 2. The number of phenolic OH excluding ortho intramolecular Hbond substituents is 1. The van der Waals surface area contributed by atoms with Crippen LogP contribution in [-0.4, -0.2) is 61.8 Å². The SMILES string of the molecule is [2H]C([2H])([2H])Sc1cc(-c2ccc(-c3ncc(N(C4CC4)[C@@H]4C[C@@H]5CCC[C@H](N5)[C@@H]4F)nn3)c(O)c2)cc(F)n1. The van der Waals surface area contributed by atoms with Gasteiger partial charge in [0, 0.05) is 28.3 Å². The van der Waals surface area contributed by atoms with Gasteiger partial charge in [-0.2, -0.15) is 4.39 Å². The standard InChI is InChI=1S/C26H28F2N6OS/c1-36-24-11-15(10-22(27)31-24)14-5-8-18(21(35)9-14)26-29-13-23(32-33-26)34(17-6-7-17)20-12-16-3-2-4-19(30-16)25(20)28/h5,8-11,13,16-17,19-20,25,30,35H,2-4,6-7,12H2,1H3/t16-,19-,20+,25-/m0/s1/i1D3. The molecule has 2 aromatic heterocycles. The number of hydrogen-bond donors (Lipinski definition) is 2. The fourth-order valence-electron chi connectivity index (χ4n) is 5.53. The van der Waals surface area contributed by atoms with Crippen LogP contribution in [0.2, 0.25) is 0 Å². The van der Waals surface area contributed by atoms with Crippen molar-refractivity contribution in [2.45, 2.75) is 73.9 Å². The Labute approximate surface area is 217 Å². The molecule has 2 N–H and O–H groups in total. The number of rotatable bonds is 6. The molecule has 1 aliphatic carbocycles. The van der Waals surface area contributed by atoms with Gasteiger partial charge < -0.3 is 15.3 Å². The van der Waals surface area contributed by atoms with Gasteiger partial charge in [-0.25, -0.2) is 14.4 Å². The molecule has 0 amide bonds. The number of nitrogens with one attached hydrogen (secondary N) is 1. The Bertz CT molecular complexity index is 1360. The van der Waals surface area contributed by atoms with Crippen molar-refractivity contribution in [1.29, 1.82) is 0 Å². The Morgan fingerprint density at radius 3 is 2.78 bits per heavy atom. The van der Waals surface area contributed by atoms with E-state index in [-0.39, 0.29) is 34.7 Å². The van der Waals surface area contributed by atoms with Crippen molar-refractivity contribution in [3.63, 3.8) is 0 Å². The second kappa shape index (κ2) is 9.55. The van der Waals surface area contributed by atoms with E-state index in [1.165, 1.54) is 18.2 Å². The lowest BCUT2D eigenvalue weighted by Gasteiger charge is -2.47. The second-order valence-corrected chi connectivity index (χ2v) is 10.4. The average Bonchev–Trinajstić information content (AvgIpc) is 3.72. The third-order valence-electron chi connectivity index (χ3n) is 7.35. The fourth-order valence-corrected chi connectivity index (χ4v) is 5.85. The largest absolute Gasteiger partial charge is 0.507 e. The first-order chi connectivity index (χ1) is 18.6. The number of anilines is 1. The smallest absolute Gasteiger partial charge is 0.214 e. The highest BCUT2D eigenvalue weighted by molar-refractivity contribution is 7.98. The zero-order valence-corrected chi connectivity index (χ0v) is 20.3. The molecule has 7 nitrogen and oxygen atoms in total. The second-order valence-electron chi connectivity index (χ2n) is 9.78. The van der Waals surface area contributed by atoms with Crippen molar-refractivity contribution in [3.05, 3.63) is 42.5 Å². The molecule has 10 heteroatoms. The zero-order valence-electron chi connectivity index (χ0n) is 22.4. The summed E-state index contributed by atoms with van der Waals surface area (Å²) in [6.07, 6.45) is 3.88. The molecule has 0 unspecified atom stereocenters. The molecule has 4 heterocycles. The molecule has 2 bridgehead atoms. The normalized spacial score (nSPS) is 27.1. The summed E-state index contributed by atoms with van der Waals surface area (Å²) in [6, 6.07) is 7.47. The predicted octanol–water partition coefficient (Wildman–Crippen LogP) is 4.76. The van der Waals surface area contributed by atoms with Crippen LogP contribution in [0, 0.1) is 5.95 Å². The van der Waals surface area contributed by atoms with Gasteiger partial charge in [-0.3, -0.25) is 0 Å². The van der Waals surface area contributed by atoms with Crippen LogP contribution in [0.1, 0.15) is 42.6 Å². The molecule has 2 saturated heterocycles. The number of hydrogen-bond acceptors (Lipinski definition) is 8. The predicted molar refractivity (Wildman–Crippen MR) is 135 cm³/mol. The lowest BCUT2D eigenvalue weighted by Crippen LogP contribution is -2.62. The van der Waals surface area contributed by atoms with Crippen LogP contribution in [0.5, 0.6) is 5.75 Å². The van der Waals surface area contributed by atoms with Crippen LogP contribution >= 0.6 is 11.8 Å². The maximum Gasteiger partial charge on any atom is 0.214 e. The molecule has 36 heavy (non-hydrogen) atoms. The molecule has 0 spiro atoms. The third kappa shape index (κ3) is 4.52. The Balaban J connectivity index is 1.24. The van der Waals surface area contributed by atoms with Gasteiger partial charge in [-0.1, -0.05) is 12.5 Å². The lowest BCUT2D eigenvalue weighted by molar-refractivity contribution is 0.104. The summed E-state index contributed by atoms with van der Waals surface area (Å²) in [4.78, 5) is 10.2. The van der Waals surface area contributed by atoms with Crippen LogP contribution in [0.15, 0.2) is 41.6 Å². The van der Waals surface area contributed by atoms with Gasteiger partial charge in [-0.05, 0) is 67.6 Å². The molecule has 3 fully saturated rings. The average molecular weight is 514 g/mol. The first kappa shape index (κ1) is 20.2. The van der Waals surface area contributed by atoms with Gasteiger partial charge in [0.05, 0.1) is 22.8 Å². The molecule has 1 saturated carbocycles. The van der Waals surface area contributed by atoms with Crippen molar-refractivity contribution < 1.29 is 18.0 Å². The number of aromatic hydroxyl groups is 1. The number of aromatic nitrogens is 4. The molecule has 3 aliphatic rings. The van der Waals surface area contributed by atoms with E-state index >= 15 is 4.39 Å². The van der Waals surface area contributed by atoms with Gasteiger partial charge >= 0.3 is 0 Å². The number of phenols is 1. The highest BCUT2D eigenvalue weighted by atomic mass is 32.2. The molecular formula is C26H28F2N6OS. The van der Waals surface area contributed by atoms with Crippen LogP contribution in [0.4, 0.5) is 14.6 Å². The first-order valence-electron chi connectivity index (χ1n) is 13.7. The molecule has 1 aromatic carbocycles. The van der Waals surface area contributed by atoms with E-state index in [2.05, 4.69) is 30.4 Å². The molecule has 0 radical (unpaired) electrons. The van der Waals surface area contributed by atoms with Gasteiger partial charge in [0.1, 0.15) is 11.9 Å². The van der Waals surface area contributed by atoms with Gasteiger partial charge in [-0.15, -0.1) is 22.0 Å². The molecule has 188 valence electrons. The number of halogens is 2. The fraction of sp³-hybridized carbons (Fsp3) is 0.462. The zero-order chi connectivity index (χ0) is 27.3. The van der Waals surface area contributed by atoms with Gasteiger partial charge in [0.2, 0.25) is 5.95 Å². The number of alkyl halides is 1. The minimum absolute atomic E-state index is 0.0183. The van der Waals surface area contributed by atoms with Crippen molar-refractivity contribution >= 4 is 17.6 Å². The van der Waals surface area contributed by atoms with Gasteiger partial charge in [0.25, 0.3) is 0 Å². The Morgan fingerprint density at radius 2 is 2.03 bits per heavy atom. The van der Waals surface area contributed by atoms with Crippen molar-refractivity contribution in [3.8, 4) is 28.3 Å². The number of benzene rings is 1.